The van der Waals surface area contributed by atoms with Crippen molar-refractivity contribution in [1.82, 2.24) is 10.6 Å². The van der Waals surface area contributed by atoms with Crippen LogP contribution in [0.4, 0.5) is 0 Å². The highest BCUT2D eigenvalue weighted by Crippen LogP contribution is 2.14. The Morgan fingerprint density at radius 1 is 0.867 bits per heavy atom. The minimum Gasteiger partial charge on any atom is -0.497 e. The van der Waals surface area contributed by atoms with Gasteiger partial charge in [0.05, 0.1) is 7.11 Å². The van der Waals surface area contributed by atoms with Crippen molar-refractivity contribution >= 4 is 17.9 Å². The van der Waals surface area contributed by atoms with Crippen LogP contribution in [-0.4, -0.2) is 25.5 Å². The van der Waals surface area contributed by atoms with Gasteiger partial charge in [0.15, 0.2) is 0 Å². The molecule has 0 heterocycles. The van der Waals surface area contributed by atoms with Gasteiger partial charge in [-0.2, -0.15) is 0 Å². The molecule has 3 rings (SSSR count). The number of benzene rings is 3. The quantitative estimate of drug-likeness (QED) is 0.565. The fraction of sp³-hybridized carbons (Fsp3) is 0.120. The van der Waals surface area contributed by atoms with E-state index in [0.29, 0.717) is 24.3 Å². The maximum atomic E-state index is 12.8. The smallest absolute Gasteiger partial charge is 0.267 e. The molecular formula is C25H24N2O3. The van der Waals surface area contributed by atoms with Crippen LogP contribution in [0.15, 0.2) is 90.6 Å². The summed E-state index contributed by atoms with van der Waals surface area (Å²) < 4.78 is 5.17. The van der Waals surface area contributed by atoms with Crippen LogP contribution in [0.3, 0.4) is 0 Å². The van der Waals surface area contributed by atoms with Gasteiger partial charge in [-0.3, -0.25) is 9.59 Å². The number of carbonyl (C=O) groups excluding carboxylic acids is 2. The van der Waals surface area contributed by atoms with Crippen LogP contribution in [0.25, 0.3) is 6.08 Å². The third-order valence-corrected chi connectivity index (χ3v) is 4.50. The molecule has 0 bridgehead atoms. The predicted octanol–water partition coefficient (Wildman–Crippen LogP) is 3.83. The summed E-state index contributed by atoms with van der Waals surface area (Å²) in [5.74, 6) is 0.0361. The van der Waals surface area contributed by atoms with Gasteiger partial charge in [-0.1, -0.05) is 60.7 Å². The Balaban J connectivity index is 1.74. The maximum Gasteiger partial charge on any atom is 0.267 e. The molecule has 0 saturated carbocycles. The molecule has 0 spiro atoms. The van der Waals surface area contributed by atoms with E-state index < -0.39 is 0 Å². The normalized spacial score (nSPS) is 10.9. The zero-order valence-corrected chi connectivity index (χ0v) is 16.8. The standard InChI is InChI=1S/C25H24N2O3/c1-30-22-14-12-20(13-15-22)18-23(27-24(28)21-10-6-3-7-11-21)25(29)26-17-16-19-8-4-2-5-9-19/h2-15,18H,16-17H2,1H3,(H,26,29)(H,27,28)/b23-18+. The number of carbonyl (C=O) groups is 2. The predicted molar refractivity (Wildman–Crippen MR) is 118 cm³/mol. The summed E-state index contributed by atoms with van der Waals surface area (Å²) in [5, 5.41) is 5.62. The van der Waals surface area contributed by atoms with E-state index in [1.165, 1.54) is 0 Å². The van der Waals surface area contributed by atoms with Gasteiger partial charge in [0, 0.05) is 12.1 Å². The summed E-state index contributed by atoms with van der Waals surface area (Å²) in [7, 11) is 1.59. The maximum absolute atomic E-state index is 12.8. The summed E-state index contributed by atoms with van der Waals surface area (Å²) in [6.45, 7) is 0.462. The molecule has 5 heteroatoms. The Morgan fingerprint density at radius 3 is 2.13 bits per heavy atom. The molecule has 3 aromatic carbocycles. The van der Waals surface area contributed by atoms with Crippen molar-refractivity contribution in [1.29, 1.82) is 0 Å². The fourth-order valence-electron chi connectivity index (χ4n) is 2.87. The summed E-state index contributed by atoms with van der Waals surface area (Å²) in [6, 6.07) is 26.0. The number of nitrogens with one attached hydrogen (secondary N) is 2. The Kier molecular flexibility index (Phi) is 7.39. The minimum absolute atomic E-state index is 0.182. The molecule has 5 nitrogen and oxygen atoms in total. The molecule has 0 aliphatic carbocycles. The fourth-order valence-corrected chi connectivity index (χ4v) is 2.87. The zero-order chi connectivity index (χ0) is 21.2. The Hall–Kier alpha value is -3.86. The lowest BCUT2D eigenvalue weighted by Gasteiger charge is -2.11. The molecule has 3 aromatic rings. The topological polar surface area (TPSA) is 67.4 Å². The first-order valence-corrected chi connectivity index (χ1v) is 9.70. The van der Waals surface area contributed by atoms with E-state index in [1.807, 2.05) is 48.5 Å². The molecule has 2 amide bonds. The van der Waals surface area contributed by atoms with Crippen LogP contribution in [0, 0.1) is 0 Å². The average molecular weight is 400 g/mol. The van der Waals surface area contributed by atoms with Crippen LogP contribution >= 0.6 is 0 Å². The molecule has 0 radical (unpaired) electrons. The highest BCUT2D eigenvalue weighted by atomic mass is 16.5. The van der Waals surface area contributed by atoms with E-state index in [0.717, 1.165) is 11.1 Å². The molecule has 152 valence electrons. The van der Waals surface area contributed by atoms with Gasteiger partial charge in [0.1, 0.15) is 11.4 Å². The van der Waals surface area contributed by atoms with E-state index in [2.05, 4.69) is 10.6 Å². The van der Waals surface area contributed by atoms with Gasteiger partial charge in [0.2, 0.25) is 0 Å². The van der Waals surface area contributed by atoms with Gasteiger partial charge < -0.3 is 15.4 Å². The first-order chi connectivity index (χ1) is 14.7. The molecule has 0 atom stereocenters. The lowest BCUT2D eigenvalue weighted by molar-refractivity contribution is -0.117. The first-order valence-electron chi connectivity index (χ1n) is 9.70. The molecule has 0 aliphatic heterocycles. The number of rotatable bonds is 8. The van der Waals surface area contributed by atoms with Crippen LogP contribution in [0.2, 0.25) is 0 Å². The van der Waals surface area contributed by atoms with Gasteiger partial charge >= 0.3 is 0 Å². The molecule has 0 unspecified atom stereocenters. The number of hydrogen-bond acceptors (Lipinski definition) is 3. The summed E-state index contributed by atoms with van der Waals surface area (Å²) in [5.41, 5.74) is 2.57. The first kappa shape index (κ1) is 20.9. The lowest BCUT2D eigenvalue weighted by atomic mass is 10.1. The van der Waals surface area contributed by atoms with E-state index >= 15 is 0 Å². The summed E-state index contributed by atoms with van der Waals surface area (Å²) >= 11 is 0. The van der Waals surface area contributed by atoms with Crippen LogP contribution < -0.4 is 15.4 Å². The number of hydrogen-bond donors (Lipinski definition) is 2. The number of amides is 2. The molecule has 2 N–H and O–H groups in total. The monoisotopic (exact) mass is 400 g/mol. The third kappa shape index (κ3) is 6.07. The number of ether oxygens (including phenoxy) is 1. The van der Waals surface area contributed by atoms with Gasteiger partial charge in [-0.05, 0) is 47.9 Å². The molecule has 0 fully saturated rings. The van der Waals surface area contributed by atoms with Gasteiger partial charge in [-0.25, -0.2) is 0 Å². The highest BCUT2D eigenvalue weighted by Gasteiger charge is 2.14. The Morgan fingerprint density at radius 2 is 1.50 bits per heavy atom. The van der Waals surface area contributed by atoms with Crippen LogP contribution in [-0.2, 0) is 11.2 Å². The zero-order valence-electron chi connectivity index (χ0n) is 16.8. The molecular weight excluding hydrogens is 376 g/mol. The van der Waals surface area contributed by atoms with Crippen molar-refractivity contribution in [3.8, 4) is 5.75 Å². The average Bonchev–Trinajstić information content (AvgIpc) is 2.80. The summed E-state index contributed by atoms with van der Waals surface area (Å²) in [6.07, 6.45) is 2.35. The van der Waals surface area contributed by atoms with Crippen molar-refractivity contribution < 1.29 is 14.3 Å². The van der Waals surface area contributed by atoms with E-state index in [-0.39, 0.29) is 17.5 Å². The second-order valence-corrected chi connectivity index (χ2v) is 6.64. The molecule has 30 heavy (non-hydrogen) atoms. The SMILES string of the molecule is COc1ccc(/C=C(/NC(=O)c2ccccc2)C(=O)NCCc2ccccc2)cc1. The summed E-state index contributed by atoms with van der Waals surface area (Å²) in [4.78, 5) is 25.4. The second-order valence-electron chi connectivity index (χ2n) is 6.64. The number of methoxy groups -OCH3 is 1. The van der Waals surface area contributed by atoms with Gasteiger partial charge in [0.25, 0.3) is 11.8 Å². The van der Waals surface area contributed by atoms with Crippen molar-refractivity contribution in [2.24, 2.45) is 0 Å². The molecule has 0 saturated heterocycles. The third-order valence-electron chi connectivity index (χ3n) is 4.50. The van der Waals surface area contributed by atoms with E-state index in [9.17, 15) is 9.59 Å². The van der Waals surface area contributed by atoms with Gasteiger partial charge in [-0.15, -0.1) is 0 Å². The van der Waals surface area contributed by atoms with Crippen molar-refractivity contribution in [3.63, 3.8) is 0 Å². The van der Waals surface area contributed by atoms with Crippen molar-refractivity contribution in [3.05, 3.63) is 107 Å². The van der Waals surface area contributed by atoms with Crippen LogP contribution in [0.1, 0.15) is 21.5 Å². The lowest BCUT2D eigenvalue weighted by Crippen LogP contribution is -2.35. The molecule has 0 aliphatic rings. The second kappa shape index (κ2) is 10.6. The van der Waals surface area contributed by atoms with Crippen LogP contribution in [0.5, 0.6) is 5.75 Å². The van der Waals surface area contributed by atoms with E-state index in [1.54, 1.807) is 49.6 Å². The van der Waals surface area contributed by atoms with Crippen molar-refractivity contribution in [2.45, 2.75) is 6.42 Å². The largest absolute Gasteiger partial charge is 0.497 e. The van der Waals surface area contributed by atoms with Crippen molar-refractivity contribution in [2.75, 3.05) is 13.7 Å². The highest BCUT2D eigenvalue weighted by molar-refractivity contribution is 6.05. The Labute approximate surface area is 176 Å². The minimum atomic E-state index is -0.342. The molecule has 0 aromatic heterocycles. The van der Waals surface area contributed by atoms with E-state index in [4.69, 9.17) is 4.74 Å². The Bertz CT molecular complexity index is 998.